The smallest absolute Gasteiger partial charge is 0.305 e. The fourth-order valence-electron chi connectivity index (χ4n) is 2.04. The number of fused-ring (bicyclic) bond motifs is 1. The third-order valence-electron chi connectivity index (χ3n) is 3.07. The summed E-state index contributed by atoms with van der Waals surface area (Å²) in [6.07, 6.45) is -0.495. The molecule has 1 unspecified atom stereocenters. The maximum atomic E-state index is 12.7. The van der Waals surface area contributed by atoms with Crippen molar-refractivity contribution < 1.29 is 8.78 Å². The molecule has 5 nitrogen and oxygen atoms in total. The van der Waals surface area contributed by atoms with E-state index in [4.69, 9.17) is 5.73 Å². The molecule has 0 spiro atoms. The summed E-state index contributed by atoms with van der Waals surface area (Å²) in [4.78, 5) is 13.8. The number of dihydropyridines is 1. The lowest BCUT2D eigenvalue weighted by Gasteiger charge is -2.26. The van der Waals surface area contributed by atoms with Crippen LogP contribution in [0.3, 0.4) is 0 Å². The Balaban J connectivity index is 1.83. The van der Waals surface area contributed by atoms with Crippen molar-refractivity contribution in [3.8, 4) is 0 Å². The summed E-state index contributed by atoms with van der Waals surface area (Å²) in [7, 11) is 0. The molecule has 1 aliphatic heterocycles. The predicted molar refractivity (Wildman–Crippen MR) is 79.3 cm³/mol. The second kappa shape index (κ2) is 5.21. The Morgan fingerprint density at radius 3 is 2.90 bits per heavy atom. The quantitative estimate of drug-likeness (QED) is 0.698. The lowest BCUT2D eigenvalue weighted by atomic mass is 10.2. The number of rotatable bonds is 3. The van der Waals surface area contributed by atoms with Crippen LogP contribution in [0.4, 0.5) is 14.5 Å². The molecule has 2 heterocycles. The van der Waals surface area contributed by atoms with Crippen molar-refractivity contribution in [1.29, 1.82) is 0 Å². The lowest BCUT2D eigenvalue weighted by molar-refractivity contribution is 0.178. The Morgan fingerprint density at radius 2 is 2.14 bits per heavy atom. The first-order chi connectivity index (χ1) is 10.0. The summed E-state index contributed by atoms with van der Waals surface area (Å²) in [5.41, 5.74) is 7.44. The second-order valence-corrected chi connectivity index (χ2v) is 5.55. The van der Waals surface area contributed by atoms with Gasteiger partial charge in [0.15, 0.2) is 0 Å². The van der Waals surface area contributed by atoms with Gasteiger partial charge in [0.2, 0.25) is 0 Å². The van der Waals surface area contributed by atoms with E-state index < -0.39 is 12.6 Å². The molecule has 0 aliphatic carbocycles. The molecular weight excluding hydrogens is 298 g/mol. The number of hydrogen-bond acceptors (Lipinski definition) is 5. The van der Waals surface area contributed by atoms with E-state index in [1.807, 2.05) is 0 Å². The van der Waals surface area contributed by atoms with E-state index in [-0.39, 0.29) is 10.6 Å². The molecule has 5 N–H and O–H groups in total. The minimum Gasteiger partial charge on any atom is -0.399 e. The summed E-state index contributed by atoms with van der Waals surface area (Å²) < 4.78 is 26.2. The summed E-state index contributed by atoms with van der Waals surface area (Å²) in [6.45, 7) is 0. The molecule has 1 aromatic heterocycles. The Morgan fingerprint density at radius 1 is 1.33 bits per heavy atom. The largest absolute Gasteiger partial charge is 0.399 e. The van der Waals surface area contributed by atoms with Gasteiger partial charge in [-0.15, -0.1) is 0 Å². The third-order valence-corrected chi connectivity index (χ3v) is 3.91. The first kappa shape index (κ1) is 13.6. The number of aromatic nitrogens is 1. The van der Waals surface area contributed by atoms with E-state index >= 15 is 0 Å². The zero-order valence-electron chi connectivity index (χ0n) is 10.7. The summed E-state index contributed by atoms with van der Waals surface area (Å²) in [5.74, 6) is 0. The van der Waals surface area contributed by atoms with Gasteiger partial charge in [-0.3, -0.25) is 4.79 Å². The van der Waals surface area contributed by atoms with Crippen molar-refractivity contribution in [2.75, 3.05) is 5.32 Å². The van der Waals surface area contributed by atoms with Crippen molar-refractivity contribution in [3.63, 3.8) is 0 Å². The van der Waals surface area contributed by atoms with Crippen molar-refractivity contribution in [2.24, 2.45) is 5.73 Å². The van der Waals surface area contributed by atoms with Gasteiger partial charge in [-0.2, -0.15) is 0 Å². The fourth-order valence-corrected chi connectivity index (χ4v) is 2.81. The van der Waals surface area contributed by atoms with Crippen LogP contribution < -0.4 is 21.2 Å². The Hall–Kier alpha value is -2.35. The van der Waals surface area contributed by atoms with Crippen LogP contribution in [0.15, 0.2) is 46.5 Å². The van der Waals surface area contributed by atoms with Gasteiger partial charge in [-0.05, 0) is 30.4 Å². The molecule has 0 fully saturated rings. The van der Waals surface area contributed by atoms with Gasteiger partial charge < -0.3 is 21.4 Å². The van der Waals surface area contributed by atoms with E-state index in [2.05, 4.69) is 15.6 Å². The summed E-state index contributed by atoms with van der Waals surface area (Å²) in [6, 6.07) is 5.27. The zero-order chi connectivity index (χ0) is 15.0. The van der Waals surface area contributed by atoms with E-state index in [0.29, 0.717) is 11.4 Å². The van der Waals surface area contributed by atoms with E-state index in [1.54, 1.807) is 18.2 Å². The highest BCUT2D eigenvalue weighted by molar-refractivity contribution is 7.16. The number of halogens is 2. The van der Waals surface area contributed by atoms with Gasteiger partial charge in [0, 0.05) is 5.69 Å². The van der Waals surface area contributed by atoms with Gasteiger partial charge in [0.05, 0.1) is 21.6 Å². The highest BCUT2D eigenvalue weighted by Crippen LogP contribution is 2.21. The van der Waals surface area contributed by atoms with Crippen LogP contribution >= 0.6 is 11.3 Å². The Kier molecular flexibility index (Phi) is 3.38. The van der Waals surface area contributed by atoms with Gasteiger partial charge in [0.1, 0.15) is 6.17 Å². The second-order valence-electron chi connectivity index (χ2n) is 4.54. The van der Waals surface area contributed by atoms with E-state index in [1.165, 1.54) is 12.2 Å². The molecule has 0 saturated heterocycles. The molecule has 0 saturated carbocycles. The molecule has 8 heteroatoms. The molecular formula is C13H12F2N4OS. The van der Waals surface area contributed by atoms with Crippen LogP contribution in [-0.4, -0.2) is 17.6 Å². The van der Waals surface area contributed by atoms with Gasteiger partial charge in [0.25, 0.3) is 6.43 Å². The molecule has 1 aliphatic rings. The highest BCUT2D eigenvalue weighted by atomic mass is 32.1. The number of alkyl halides is 2. The monoisotopic (exact) mass is 310 g/mol. The van der Waals surface area contributed by atoms with Gasteiger partial charge in [-0.25, -0.2) is 8.78 Å². The van der Waals surface area contributed by atoms with Gasteiger partial charge >= 0.3 is 4.87 Å². The topological polar surface area (TPSA) is 82.9 Å². The van der Waals surface area contributed by atoms with Crippen molar-refractivity contribution in [2.45, 2.75) is 12.6 Å². The number of anilines is 1. The van der Waals surface area contributed by atoms with Crippen LogP contribution in [0, 0.1) is 0 Å². The molecule has 1 atom stereocenters. The number of hydrogen-bond donors (Lipinski definition) is 4. The van der Waals surface area contributed by atoms with Gasteiger partial charge in [-0.1, -0.05) is 11.3 Å². The van der Waals surface area contributed by atoms with Crippen LogP contribution in [0.2, 0.25) is 0 Å². The van der Waals surface area contributed by atoms with Crippen LogP contribution in [0.25, 0.3) is 10.2 Å². The molecule has 110 valence electrons. The molecule has 0 amide bonds. The number of H-pyrrole nitrogens is 1. The van der Waals surface area contributed by atoms with Crippen molar-refractivity contribution in [3.05, 3.63) is 51.4 Å². The molecule has 3 rings (SSSR count). The van der Waals surface area contributed by atoms with E-state index in [9.17, 15) is 13.6 Å². The predicted octanol–water partition coefficient (Wildman–Crippen LogP) is 1.92. The number of nitrogens with one attached hydrogen (secondary N) is 3. The molecule has 1 aromatic carbocycles. The number of aromatic amines is 1. The molecule has 0 bridgehead atoms. The molecule has 0 radical (unpaired) electrons. The highest BCUT2D eigenvalue weighted by Gasteiger charge is 2.21. The van der Waals surface area contributed by atoms with Crippen LogP contribution in [0.5, 0.6) is 0 Å². The number of nitrogens with two attached hydrogens (primary N) is 1. The van der Waals surface area contributed by atoms with Crippen LogP contribution in [0.1, 0.15) is 0 Å². The molecule has 2 aromatic rings. The first-order valence-electron chi connectivity index (χ1n) is 6.14. The zero-order valence-corrected chi connectivity index (χ0v) is 11.5. The summed E-state index contributed by atoms with van der Waals surface area (Å²) in [5, 5.41) is 5.67. The third kappa shape index (κ3) is 2.75. The Labute approximate surface area is 122 Å². The van der Waals surface area contributed by atoms with Crippen molar-refractivity contribution >= 4 is 27.2 Å². The SMILES string of the molecule is NC1=CC=C(C(F)F)NC1Nc1ccc2[nH]c(=O)sc2c1. The first-order valence-corrected chi connectivity index (χ1v) is 6.96. The lowest BCUT2D eigenvalue weighted by Crippen LogP contribution is -2.43. The maximum Gasteiger partial charge on any atom is 0.305 e. The standard InChI is InChI=1S/C13H12F2N4OS/c14-11(15)9-4-2-7(16)12(18-9)17-6-1-3-8-10(5-6)21-13(20)19-8/h1-5,11-12,17-18H,16H2,(H,19,20). The average molecular weight is 310 g/mol. The van der Waals surface area contributed by atoms with Crippen LogP contribution in [-0.2, 0) is 0 Å². The average Bonchev–Trinajstić information content (AvgIpc) is 2.80. The number of allylic oxidation sites excluding steroid dienone is 3. The Bertz CT molecular complexity index is 793. The van der Waals surface area contributed by atoms with E-state index in [0.717, 1.165) is 21.6 Å². The normalized spacial score (nSPS) is 18.3. The minimum absolute atomic E-state index is 0.139. The minimum atomic E-state index is -2.59. The summed E-state index contributed by atoms with van der Waals surface area (Å²) >= 11 is 1.09. The number of thiazole rings is 1. The maximum absolute atomic E-state index is 12.7. The molecule has 21 heavy (non-hydrogen) atoms. The number of benzene rings is 1. The van der Waals surface area contributed by atoms with Crippen molar-refractivity contribution in [1.82, 2.24) is 10.3 Å². The fraction of sp³-hybridized carbons (Fsp3) is 0.154.